The summed E-state index contributed by atoms with van der Waals surface area (Å²) in [5, 5.41) is 13.2. The van der Waals surface area contributed by atoms with Gasteiger partial charge in [-0.3, -0.25) is 0 Å². The van der Waals surface area contributed by atoms with Gasteiger partial charge in [0.2, 0.25) is 0 Å². The van der Waals surface area contributed by atoms with Crippen LogP contribution >= 0.6 is 0 Å². The molecule has 0 spiro atoms. The average Bonchev–Trinajstić information content (AvgIpc) is 2.39. The quantitative estimate of drug-likeness (QED) is 0.746. The van der Waals surface area contributed by atoms with Gasteiger partial charge in [0, 0.05) is 6.04 Å². The summed E-state index contributed by atoms with van der Waals surface area (Å²) in [5.41, 5.74) is 2.72. The van der Waals surface area contributed by atoms with E-state index in [1.807, 2.05) is 12.1 Å². The Balaban J connectivity index is 1.89. The van der Waals surface area contributed by atoms with E-state index in [-0.39, 0.29) is 0 Å². The summed E-state index contributed by atoms with van der Waals surface area (Å²) in [6.45, 7) is 3.32. The summed E-state index contributed by atoms with van der Waals surface area (Å²) >= 11 is 0. The number of hydrogen-bond donors (Lipinski definition) is 2. The molecule has 0 bridgehead atoms. The van der Waals surface area contributed by atoms with Crippen LogP contribution in [0.5, 0.6) is 5.75 Å². The van der Waals surface area contributed by atoms with E-state index in [9.17, 15) is 5.11 Å². The van der Waals surface area contributed by atoms with Crippen molar-refractivity contribution in [2.75, 3.05) is 6.54 Å². The molecule has 0 fully saturated rings. The van der Waals surface area contributed by atoms with Crippen molar-refractivity contribution in [2.24, 2.45) is 0 Å². The summed E-state index contributed by atoms with van der Waals surface area (Å²) < 4.78 is 0. The molecule has 0 radical (unpaired) electrons. The molecule has 0 aliphatic carbocycles. The minimum Gasteiger partial charge on any atom is -0.508 e. The van der Waals surface area contributed by atoms with Crippen molar-refractivity contribution in [1.29, 1.82) is 0 Å². The van der Waals surface area contributed by atoms with Gasteiger partial charge in [-0.15, -0.1) is 0 Å². The number of phenols is 1. The number of fused-ring (bicyclic) bond motifs is 1. The second-order valence-corrected chi connectivity index (χ2v) is 5.34. The molecule has 2 heteroatoms. The first-order valence-electron chi connectivity index (χ1n) is 7.36. The van der Waals surface area contributed by atoms with Crippen molar-refractivity contribution >= 4 is 0 Å². The highest BCUT2D eigenvalue weighted by Gasteiger charge is 2.19. The monoisotopic (exact) mass is 247 g/mol. The molecule has 1 heterocycles. The zero-order valence-electron chi connectivity index (χ0n) is 11.4. The number of unbranched alkanes of at least 4 members (excludes halogenated alkanes) is 4. The van der Waals surface area contributed by atoms with Crippen LogP contribution in [-0.4, -0.2) is 11.7 Å². The Hall–Kier alpha value is -1.02. The Bertz CT molecular complexity index is 375. The lowest BCUT2D eigenvalue weighted by Crippen LogP contribution is -2.29. The molecule has 0 saturated heterocycles. The molecule has 100 valence electrons. The molecule has 2 rings (SSSR count). The molecule has 1 aromatic rings. The fourth-order valence-corrected chi connectivity index (χ4v) is 2.83. The minimum atomic E-state index is 0.397. The Labute approximate surface area is 110 Å². The SMILES string of the molecule is CCCCCCCC1NCCc2ccc(O)cc21. The second-order valence-electron chi connectivity index (χ2n) is 5.34. The summed E-state index contributed by atoms with van der Waals surface area (Å²) in [4.78, 5) is 0. The van der Waals surface area contributed by atoms with E-state index < -0.39 is 0 Å². The zero-order chi connectivity index (χ0) is 12.8. The van der Waals surface area contributed by atoms with Crippen molar-refractivity contribution in [2.45, 2.75) is 57.9 Å². The van der Waals surface area contributed by atoms with Gasteiger partial charge in [-0.25, -0.2) is 0 Å². The molecule has 2 N–H and O–H groups in total. The third-order valence-corrected chi connectivity index (χ3v) is 3.89. The molecule has 18 heavy (non-hydrogen) atoms. The Morgan fingerprint density at radius 3 is 2.89 bits per heavy atom. The molecular weight excluding hydrogens is 222 g/mol. The third kappa shape index (κ3) is 3.49. The van der Waals surface area contributed by atoms with Crippen LogP contribution in [0.4, 0.5) is 0 Å². The minimum absolute atomic E-state index is 0.397. The molecule has 1 unspecified atom stereocenters. The predicted molar refractivity (Wildman–Crippen MR) is 75.9 cm³/mol. The molecule has 1 aliphatic heterocycles. The van der Waals surface area contributed by atoms with Gasteiger partial charge < -0.3 is 10.4 Å². The largest absolute Gasteiger partial charge is 0.508 e. The zero-order valence-corrected chi connectivity index (χ0v) is 11.4. The number of benzene rings is 1. The van der Waals surface area contributed by atoms with E-state index in [1.165, 1.54) is 49.7 Å². The lowest BCUT2D eigenvalue weighted by atomic mass is 9.91. The maximum atomic E-state index is 9.62. The van der Waals surface area contributed by atoms with Gasteiger partial charge in [0.1, 0.15) is 5.75 Å². The third-order valence-electron chi connectivity index (χ3n) is 3.89. The number of aromatic hydroxyl groups is 1. The first-order chi connectivity index (χ1) is 8.81. The van der Waals surface area contributed by atoms with E-state index in [0.29, 0.717) is 11.8 Å². The lowest BCUT2D eigenvalue weighted by Gasteiger charge is -2.27. The van der Waals surface area contributed by atoms with Crippen molar-refractivity contribution in [3.05, 3.63) is 29.3 Å². The highest BCUT2D eigenvalue weighted by Crippen LogP contribution is 2.29. The number of nitrogens with one attached hydrogen (secondary N) is 1. The molecule has 1 aliphatic rings. The second kappa shape index (κ2) is 6.79. The summed E-state index contributed by atoms with van der Waals surface area (Å²) in [6.07, 6.45) is 8.92. The number of rotatable bonds is 6. The maximum Gasteiger partial charge on any atom is 0.115 e. The summed E-state index contributed by atoms with van der Waals surface area (Å²) in [5.74, 6) is 0.397. The molecule has 0 saturated carbocycles. The van der Waals surface area contributed by atoms with Gasteiger partial charge in [0.05, 0.1) is 0 Å². The van der Waals surface area contributed by atoms with Gasteiger partial charge in [-0.1, -0.05) is 45.1 Å². The highest BCUT2D eigenvalue weighted by molar-refractivity contribution is 5.38. The lowest BCUT2D eigenvalue weighted by molar-refractivity contribution is 0.440. The summed E-state index contributed by atoms with van der Waals surface area (Å²) in [6, 6.07) is 6.28. The van der Waals surface area contributed by atoms with Crippen LogP contribution < -0.4 is 5.32 Å². The van der Waals surface area contributed by atoms with Gasteiger partial charge in [-0.05, 0) is 42.6 Å². The molecule has 1 atom stereocenters. The van der Waals surface area contributed by atoms with E-state index >= 15 is 0 Å². The van der Waals surface area contributed by atoms with E-state index in [0.717, 1.165) is 13.0 Å². The topological polar surface area (TPSA) is 32.3 Å². The van der Waals surface area contributed by atoms with Gasteiger partial charge in [0.25, 0.3) is 0 Å². The first kappa shape index (κ1) is 13.4. The normalized spacial score (nSPS) is 18.6. The fourth-order valence-electron chi connectivity index (χ4n) is 2.83. The van der Waals surface area contributed by atoms with Crippen LogP contribution in [0.1, 0.15) is 62.6 Å². The van der Waals surface area contributed by atoms with E-state index in [4.69, 9.17) is 0 Å². The van der Waals surface area contributed by atoms with E-state index in [1.54, 1.807) is 0 Å². The fraction of sp³-hybridized carbons (Fsp3) is 0.625. The molecule has 2 nitrogen and oxygen atoms in total. The first-order valence-corrected chi connectivity index (χ1v) is 7.36. The van der Waals surface area contributed by atoms with Gasteiger partial charge in [-0.2, -0.15) is 0 Å². The maximum absolute atomic E-state index is 9.62. The Morgan fingerprint density at radius 2 is 2.06 bits per heavy atom. The van der Waals surface area contributed by atoms with Crippen LogP contribution in [-0.2, 0) is 6.42 Å². The summed E-state index contributed by atoms with van der Waals surface area (Å²) in [7, 11) is 0. The van der Waals surface area contributed by atoms with E-state index in [2.05, 4.69) is 18.3 Å². The average molecular weight is 247 g/mol. The van der Waals surface area contributed by atoms with Crippen LogP contribution in [0, 0.1) is 0 Å². The van der Waals surface area contributed by atoms with Crippen molar-refractivity contribution in [3.8, 4) is 5.75 Å². The number of phenolic OH excluding ortho intramolecular Hbond substituents is 1. The van der Waals surface area contributed by atoms with Crippen LogP contribution in [0.15, 0.2) is 18.2 Å². The Kier molecular flexibility index (Phi) is 5.06. The molecule has 1 aromatic carbocycles. The van der Waals surface area contributed by atoms with Crippen molar-refractivity contribution in [3.63, 3.8) is 0 Å². The molecular formula is C16H25NO. The molecule has 0 aromatic heterocycles. The van der Waals surface area contributed by atoms with Gasteiger partial charge in [0.15, 0.2) is 0 Å². The van der Waals surface area contributed by atoms with Crippen LogP contribution in [0.3, 0.4) is 0 Å². The smallest absolute Gasteiger partial charge is 0.115 e. The van der Waals surface area contributed by atoms with Crippen molar-refractivity contribution < 1.29 is 5.11 Å². The highest BCUT2D eigenvalue weighted by atomic mass is 16.3. The Morgan fingerprint density at radius 1 is 1.22 bits per heavy atom. The standard InChI is InChI=1S/C16H25NO/c1-2-3-4-5-6-7-16-15-12-14(18)9-8-13(15)10-11-17-16/h8-9,12,16-18H,2-7,10-11H2,1H3. The van der Waals surface area contributed by atoms with Crippen molar-refractivity contribution in [1.82, 2.24) is 5.32 Å². The number of hydrogen-bond acceptors (Lipinski definition) is 2. The molecule has 0 amide bonds. The predicted octanol–water partition coefficient (Wildman–Crippen LogP) is 3.94. The van der Waals surface area contributed by atoms with Crippen LogP contribution in [0.2, 0.25) is 0 Å². The van der Waals surface area contributed by atoms with Crippen LogP contribution in [0.25, 0.3) is 0 Å². The van der Waals surface area contributed by atoms with Gasteiger partial charge >= 0.3 is 0 Å².